The Balaban J connectivity index is 2.56. The molecule has 2 heteroatoms. The van der Waals surface area contributed by atoms with Crippen LogP contribution >= 0.6 is 0 Å². The minimum absolute atomic E-state index is 0.675. The average molecular weight is 174 g/mol. The van der Waals surface area contributed by atoms with Crippen LogP contribution in [0.1, 0.15) is 19.8 Å². The molecule has 1 aliphatic heterocycles. The smallest absolute Gasteiger partial charge is 0.154 e. The summed E-state index contributed by atoms with van der Waals surface area (Å²) in [5.41, 5.74) is 0.915. The van der Waals surface area contributed by atoms with Crippen LogP contribution in [0.15, 0.2) is 23.3 Å². The molecule has 0 aromatic carbocycles. The van der Waals surface area contributed by atoms with Crippen LogP contribution in [0, 0.1) is 5.92 Å². The van der Waals surface area contributed by atoms with Crippen molar-refractivity contribution < 1.29 is 0 Å². The summed E-state index contributed by atoms with van der Waals surface area (Å²) in [7, 11) is 0. The fourth-order valence-corrected chi connectivity index (χ4v) is 1.67. The molecule has 0 spiro atoms. The van der Waals surface area contributed by atoms with Gasteiger partial charge in [-0.05, 0) is 30.9 Å². The Morgan fingerprint density at radius 3 is 3.31 bits per heavy atom. The molecule has 0 fully saturated rings. The molecule has 68 valence electrons. The van der Waals surface area contributed by atoms with E-state index >= 15 is 0 Å². The third-order valence-corrected chi connectivity index (χ3v) is 2.52. The summed E-state index contributed by atoms with van der Waals surface area (Å²) in [6.07, 6.45) is 6.47. The lowest BCUT2D eigenvalue weighted by atomic mass is 10.0. The number of pyridine rings is 1. The van der Waals surface area contributed by atoms with Crippen LogP contribution in [0.2, 0.25) is 0 Å². The van der Waals surface area contributed by atoms with Gasteiger partial charge < -0.3 is 0 Å². The number of hydrogen-bond donors (Lipinski definition) is 0. The largest absolute Gasteiger partial charge is 0.266 e. The van der Waals surface area contributed by atoms with Gasteiger partial charge in [0.2, 0.25) is 0 Å². The molecule has 0 radical (unpaired) electrons. The highest BCUT2D eigenvalue weighted by Crippen LogP contribution is 2.09. The van der Waals surface area contributed by atoms with E-state index in [1.54, 1.807) is 0 Å². The van der Waals surface area contributed by atoms with E-state index in [2.05, 4.69) is 29.0 Å². The monoisotopic (exact) mass is 174 g/mol. The van der Waals surface area contributed by atoms with Crippen molar-refractivity contribution >= 4 is 6.08 Å². The summed E-state index contributed by atoms with van der Waals surface area (Å²) in [5, 5.41) is 1.20. The standard InChI is InChI=1S/C11H14N2/c1-2-9-5-7-13-11-10(8-9)4-3-6-12-11/h3-4,6,8-9H,2,5,7H2,1H3. The zero-order valence-electron chi connectivity index (χ0n) is 7.90. The summed E-state index contributed by atoms with van der Waals surface area (Å²) < 4.78 is 0. The lowest BCUT2D eigenvalue weighted by molar-refractivity contribution is 0.611. The Kier molecular flexibility index (Phi) is 2.39. The van der Waals surface area contributed by atoms with Crippen molar-refractivity contribution in [2.24, 2.45) is 10.9 Å². The van der Waals surface area contributed by atoms with Crippen molar-refractivity contribution in [3.63, 3.8) is 0 Å². The number of fused-ring (bicyclic) bond motifs is 1. The zero-order chi connectivity index (χ0) is 9.10. The van der Waals surface area contributed by atoms with Crippen molar-refractivity contribution in [2.45, 2.75) is 19.8 Å². The number of aromatic nitrogens is 1. The maximum absolute atomic E-state index is 4.44. The van der Waals surface area contributed by atoms with E-state index in [0.29, 0.717) is 5.92 Å². The Labute approximate surface area is 78.0 Å². The number of nitrogens with zero attached hydrogens (tertiary/aromatic N) is 2. The van der Waals surface area contributed by atoms with Crippen LogP contribution in [0.3, 0.4) is 0 Å². The van der Waals surface area contributed by atoms with Gasteiger partial charge in [-0.1, -0.05) is 13.0 Å². The normalized spacial score (nSPS) is 20.8. The molecule has 1 aromatic rings. The van der Waals surface area contributed by atoms with Crippen LogP contribution in [-0.4, -0.2) is 11.5 Å². The van der Waals surface area contributed by atoms with Gasteiger partial charge in [0.1, 0.15) is 0 Å². The number of hydrogen-bond acceptors (Lipinski definition) is 2. The van der Waals surface area contributed by atoms with Gasteiger partial charge in [0.25, 0.3) is 0 Å². The van der Waals surface area contributed by atoms with Crippen molar-refractivity contribution in [3.05, 3.63) is 29.0 Å². The molecule has 0 saturated heterocycles. The lowest BCUT2D eigenvalue weighted by Crippen LogP contribution is -2.27. The molecule has 1 unspecified atom stereocenters. The molecule has 1 aliphatic rings. The minimum atomic E-state index is 0.675. The fraction of sp³-hybridized carbons (Fsp3) is 0.455. The first-order valence-corrected chi connectivity index (χ1v) is 4.87. The van der Waals surface area contributed by atoms with Gasteiger partial charge in [0.15, 0.2) is 5.49 Å². The topological polar surface area (TPSA) is 25.2 Å². The molecule has 0 saturated carbocycles. The van der Waals surface area contributed by atoms with E-state index in [4.69, 9.17) is 0 Å². The van der Waals surface area contributed by atoms with Gasteiger partial charge in [-0.2, -0.15) is 0 Å². The van der Waals surface area contributed by atoms with Gasteiger partial charge in [-0.3, -0.25) is 4.99 Å². The van der Waals surface area contributed by atoms with Crippen molar-refractivity contribution in [1.29, 1.82) is 0 Å². The average Bonchev–Trinajstić information content (AvgIpc) is 2.38. The van der Waals surface area contributed by atoms with Crippen LogP contribution in [0.25, 0.3) is 6.08 Å². The Morgan fingerprint density at radius 2 is 2.46 bits per heavy atom. The van der Waals surface area contributed by atoms with Crippen molar-refractivity contribution in [2.75, 3.05) is 6.54 Å². The predicted molar refractivity (Wildman–Crippen MR) is 52.7 cm³/mol. The summed E-state index contributed by atoms with van der Waals surface area (Å²) in [4.78, 5) is 8.69. The minimum Gasteiger partial charge on any atom is -0.266 e. The van der Waals surface area contributed by atoms with Crippen molar-refractivity contribution in [3.8, 4) is 0 Å². The molecule has 13 heavy (non-hydrogen) atoms. The molecule has 1 aromatic heterocycles. The molecule has 0 amide bonds. The molecule has 0 aliphatic carbocycles. The molecule has 2 rings (SSSR count). The maximum atomic E-state index is 4.44. The summed E-state index contributed by atoms with van der Waals surface area (Å²) in [6.45, 7) is 3.14. The zero-order valence-corrected chi connectivity index (χ0v) is 7.90. The van der Waals surface area contributed by atoms with Crippen LogP contribution < -0.4 is 10.7 Å². The molecule has 0 N–H and O–H groups in total. The van der Waals surface area contributed by atoms with Crippen LogP contribution in [0.4, 0.5) is 0 Å². The quantitative estimate of drug-likeness (QED) is 0.621. The Morgan fingerprint density at radius 1 is 1.54 bits per heavy atom. The third kappa shape index (κ3) is 1.77. The first kappa shape index (κ1) is 8.42. The van der Waals surface area contributed by atoms with Crippen LogP contribution in [0.5, 0.6) is 0 Å². The second-order valence-corrected chi connectivity index (χ2v) is 3.42. The lowest BCUT2D eigenvalue weighted by Gasteiger charge is -2.04. The van der Waals surface area contributed by atoms with Crippen LogP contribution in [-0.2, 0) is 0 Å². The first-order chi connectivity index (χ1) is 6.40. The van der Waals surface area contributed by atoms with E-state index in [9.17, 15) is 0 Å². The second-order valence-electron chi connectivity index (χ2n) is 3.42. The van der Waals surface area contributed by atoms with Gasteiger partial charge in [0.05, 0.1) is 0 Å². The summed E-state index contributed by atoms with van der Waals surface area (Å²) >= 11 is 0. The highest BCUT2D eigenvalue weighted by atomic mass is 14.8. The molecular formula is C11H14N2. The molecule has 1 atom stereocenters. The number of rotatable bonds is 1. The second kappa shape index (κ2) is 3.69. The fourth-order valence-electron chi connectivity index (χ4n) is 1.67. The molecule has 2 heterocycles. The summed E-state index contributed by atoms with van der Waals surface area (Å²) in [6, 6.07) is 4.07. The van der Waals surface area contributed by atoms with E-state index in [-0.39, 0.29) is 0 Å². The van der Waals surface area contributed by atoms with Gasteiger partial charge in [-0.25, -0.2) is 4.98 Å². The highest BCUT2D eigenvalue weighted by Gasteiger charge is 2.04. The van der Waals surface area contributed by atoms with Gasteiger partial charge in [-0.15, -0.1) is 0 Å². The van der Waals surface area contributed by atoms with Crippen molar-refractivity contribution in [1.82, 2.24) is 4.98 Å². The van der Waals surface area contributed by atoms with E-state index < -0.39 is 0 Å². The Hall–Kier alpha value is -1.18. The van der Waals surface area contributed by atoms with Gasteiger partial charge >= 0.3 is 0 Å². The predicted octanol–water partition coefficient (Wildman–Crippen LogP) is 0.912. The first-order valence-electron chi connectivity index (χ1n) is 4.87. The molecule has 2 nitrogen and oxygen atoms in total. The van der Waals surface area contributed by atoms with Gasteiger partial charge in [0, 0.05) is 18.0 Å². The SMILES string of the molecule is CCC1C=c2cccnc2=NCC1. The Bertz CT molecular complexity index is 395. The molecule has 0 bridgehead atoms. The highest BCUT2D eigenvalue weighted by molar-refractivity contribution is 5.25. The van der Waals surface area contributed by atoms with E-state index in [1.165, 1.54) is 11.6 Å². The third-order valence-electron chi connectivity index (χ3n) is 2.52. The maximum Gasteiger partial charge on any atom is 0.154 e. The molecular weight excluding hydrogens is 160 g/mol. The summed E-state index contributed by atoms with van der Waals surface area (Å²) in [5.74, 6) is 0.675. The van der Waals surface area contributed by atoms with E-state index in [1.807, 2.05) is 12.3 Å². The van der Waals surface area contributed by atoms with E-state index in [0.717, 1.165) is 18.5 Å².